The molecule has 7 heteroatoms. The van der Waals surface area contributed by atoms with Crippen molar-refractivity contribution in [3.05, 3.63) is 34.9 Å². The predicted molar refractivity (Wildman–Crippen MR) is 101 cm³/mol. The first-order valence-corrected chi connectivity index (χ1v) is 10.2. The number of aryl methyl sites for hydroxylation is 1. The zero-order valence-corrected chi connectivity index (χ0v) is 16.1. The molecule has 134 valence electrons. The maximum absolute atomic E-state index is 12.1. The first-order chi connectivity index (χ1) is 11.3. The molecule has 2 rings (SSSR count). The number of nitrogens with one attached hydrogen (secondary N) is 1. The lowest BCUT2D eigenvalue weighted by Crippen LogP contribution is -2.57. The Hall–Kier alpha value is -1.27. The van der Waals surface area contributed by atoms with Crippen LogP contribution in [0.4, 0.5) is 0 Å². The van der Waals surface area contributed by atoms with Crippen LogP contribution in [0.2, 0.25) is 5.02 Å². The fourth-order valence-electron chi connectivity index (χ4n) is 2.84. The molecule has 0 bridgehead atoms. The van der Waals surface area contributed by atoms with Gasteiger partial charge in [0.05, 0.1) is 10.5 Å². The summed E-state index contributed by atoms with van der Waals surface area (Å²) in [5.41, 5.74) is 1.14. The number of guanidine groups is 1. The smallest absolute Gasteiger partial charge is 0.193 e. The van der Waals surface area contributed by atoms with Gasteiger partial charge in [-0.2, -0.15) is 0 Å². The minimum atomic E-state index is -3.04. The molecule has 0 radical (unpaired) electrons. The molecule has 5 nitrogen and oxygen atoms in total. The highest BCUT2D eigenvalue weighted by Crippen LogP contribution is 2.23. The molecule has 1 heterocycles. The van der Waals surface area contributed by atoms with Gasteiger partial charge in [-0.25, -0.2) is 8.42 Å². The highest BCUT2D eigenvalue weighted by molar-refractivity contribution is 7.92. The van der Waals surface area contributed by atoms with Crippen molar-refractivity contribution in [1.29, 1.82) is 0 Å². The molecule has 1 N–H and O–H groups in total. The van der Waals surface area contributed by atoms with Gasteiger partial charge >= 0.3 is 0 Å². The molecule has 24 heavy (non-hydrogen) atoms. The predicted octanol–water partition coefficient (Wildman–Crippen LogP) is 2.36. The van der Waals surface area contributed by atoms with Crippen molar-refractivity contribution in [2.24, 2.45) is 4.99 Å². The number of hydrogen-bond donors (Lipinski definition) is 1. The summed E-state index contributed by atoms with van der Waals surface area (Å²) in [5, 5.41) is 4.13. The number of benzene rings is 1. The zero-order chi connectivity index (χ0) is 17.8. The van der Waals surface area contributed by atoms with Crippen LogP contribution in [0.25, 0.3) is 0 Å². The van der Waals surface area contributed by atoms with Crippen LogP contribution in [0.1, 0.15) is 25.8 Å². The van der Waals surface area contributed by atoms with E-state index in [2.05, 4.69) is 10.3 Å². The van der Waals surface area contributed by atoms with E-state index in [-0.39, 0.29) is 5.75 Å². The third kappa shape index (κ3) is 4.42. The Morgan fingerprint density at radius 3 is 2.71 bits per heavy atom. The molecule has 1 saturated heterocycles. The van der Waals surface area contributed by atoms with Crippen LogP contribution in [0, 0.1) is 0 Å². The largest absolute Gasteiger partial charge is 0.356 e. The highest BCUT2D eigenvalue weighted by atomic mass is 35.5. The van der Waals surface area contributed by atoms with Gasteiger partial charge in [0.2, 0.25) is 0 Å². The van der Waals surface area contributed by atoms with Crippen molar-refractivity contribution in [3.8, 4) is 0 Å². The Balaban J connectivity index is 1.86. The van der Waals surface area contributed by atoms with Crippen LogP contribution in [0.5, 0.6) is 0 Å². The van der Waals surface area contributed by atoms with Crippen molar-refractivity contribution in [2.75, 3.05) is 32.4 Å². The summed E-state index contributed by atoms with van der Waals surface area (Å²) in [7, 11) is -1.31. The maximum Gasteiger partial charge on any atom is 0.193 e. The van der Waals surface area contributed by atoms with Gasteiger partial charge in [0.15, 0.2) is 15.8 Å². The van der Waals surface area contributed by atoms with Crippen LogP contribution >= 0.6 is 11.6 Å². The van der Waals surface area contributed by atoms with Crippen LogP contribution in [0.15, 0.2) is 29.3 Å². The second-order valence-corrected chi connectivity index (χ2v) is 9.82. The fraction of sp³-hybridized carbons (Fsp3) is 0.588. The SMILES string of the molecule is CN=C(NCCCc1ccccc1Cl)N1CCS(=O)(=O)C(C)(C)C1. The van der Waals surface area contributed by atoms with E-state index in [1.165, 1.54) is 0 Å². The molecule has 0 spiro atoms. The Kier molecular flexibility index (Phi) is 6.15. The number of halogens is 1. The molecule has 0 aliphatic carbocycles. The van der Waals surface area contributed by atoms with Gasteiger partial charge in [0.25, 0.3) is 0 Å². The van der Waals surface area contributed by atoms with E-state index in [9.17, 15) is 8.42 Å². The first-order valence-electron chi connectivity index (χ1n) is 8.18. The Labute approximate surface area is 150 Å². The van der Waals surface area contributed by atoms with Crippen molar-refractivity contribution in [2.45, 2.75) is 31.4 Å². The lowest BCUT2D eigenvalue weighted by Gasteiger charge is -2.39. The van der Waals surface area contributed by atoms with E-state index < -0.39 is 14.6 Å². The molecule has 0 saturated carbocycles. The summed E-state index contributed by atoms with van der Waals surface area (Å²) in [6.45, 7) is 5.26. The number of sulfone groups is 1. The molecule has 1 aliphatic rings. The first kappa shape index (κ1) is 19.1. The van der Waals surface area contributed by atoms with E-state index in [1.54, 1.807) is 20.9 Å². The van der Waals surface area contributed by atoms with Gasteiger partial charge in [-0.3, -0.25) is 4.99 Å². The van der Waals surface area contributed by atoms with Crippen LogP contribution in [-0.2, 0) is 16.3 Å². The second-order valence-electron chi connectivity index (χ2n) is 6.67. The summed E-state index contributed by atoms with van der Waals surface area (Å²) < 4.78 is 23.5. The molecule has 0 unspecified atom stereocenters. The molecule has 0 aromatic heterocycles. The summed E-state index contributed by atoms with van der Waals surface area (Å²) in [6, 6.07) is 7.86. The quantitative estimate of drug-likeness (QED) is 0.501. The van der Waals surface area contributed by atoms with Crippen molar-refractivity contribution in [3.63, 3.8) is 0 Å². The summed E-state index contributed by atoms with van der Waals surface area (Å²) >= 11 is 6.16. The summed E-state index contributed by atoms with van der Waals surface area (Å²) in [6.07, 6.45) is 1.82. The van der Waals surface area contributed by atoms with Crippen LogP contribution < -0.4 is 5.32 Å². The number of nitrogens with zero attached hydrogens (tertiary/aromatic N) is 2. The second kappa shape index (κ2) is 7.74. The van der Waals surface area contributed by atoms with Crippen LogP contribution in [-0.4, -0.2) is 56.5 Å². The van der Waals surface area contributed by atoms with Gasteiger partial charge in [-0.15, -0.1) is 0 Å². The summed E-state index contributed by atoms with van der Waals surface area (Å²) in [4.78, 5) is 6.32. The molecule has 1 aromatic carbocycles. The molecular weight excluding hydrogens is 346 g/mol. The normalized spacial score (nSPS) is 20.0. The van der Waals surface area contributed by atoms with Crippen molar-refractivity contribution < 1.29 is 8.42 Å². The molecular formula is C17H26ClN3O2S. The Bertz CT molecular complexity index is 702. The fourth-order valence-corrected chi connectivity index (χ4v) is 4.43. The maximum atomic E-state index is 12.1. The minimum absolute atomic E-state index is 0.167. The van der Waals surface area contributed by atoms with Crippen molar-refractivity contribution in [1.82, 2.24) is 10.2 Å². The average Bonchev–Trinajstić information content (AvgIpc) is 2.52. The van der Waals surface area contributed by atoms with Gasteiger partial charge < -0.3 is 10.2 Å². The third-order valence-electron chi connectivity index (χ3n) is 4.42. The van der Waals surface area contributed by atoms with E-state index in [0.29, 0.717) is 13.1 Å². The molecule has 0 amide bonds. The number of rotatable bonds is 4. The molecule has 1 aliphatic heterocycles. The minimum Gasteiger partial charge on any atom is -0.356 e. The van der Waals surface area contributed by atoms with Gasteiger partial charge in [-0.1, -0.05) is 29.8 Å². The van der Waals surface area contributed by atoms with Gasteiger partial charge in [0.1, 0.15) is 0 Å². The monoisotopic (exact) mass is 371 g/mol. The topological polar surface area (TPSA) is 61.8 Å². The number of aliphatic imine (C=N–C) groups is 1. The Morgan fingerprint density at radius 2 is 2.08 bits per heavy atom. The van der Waals surface area contributed by atoms with Gasteiger partial charge in [-0.05, 0) is 38.3 Å². The van der Waals surface area contributed by atoms with E-state index in [4.69, 9.17) is 11.6 Å². The molecule has 1 fully saturated rings. The highest BCUT2D eigenvalue weighted by Gasteiger charge is 2.40. The molecule has 1 aromatic rings. The van der Waals surface area contributed by atoms with Crippen LogP contribution in [0.3, 0.4) is 0 Å². The standard InChI is InChI=1S/C17H26ClN3O2S/c1-17(2)13-21(11-12-24(17,22)23)16(19-3)20-10-6-8-14-7-4-5-9-15(14)18/h4-5,7,9H,6,8,10-13H2,1-3H3,(H,19,20). The van der Waals surface area contributed by atoms with Gasteiger partial charge in [0, 0.05) is 31.7 Å². The summed E-state index contributed by atoms with van der Waals surface area (Å²) in [5.74, 6) is 0.928. The van der Waals surface area contributed by atoms with Crippen molar-refractivity contribution >= 4 is 27.4 Å². The Morgan fingerprint density at radius 1 is 1.38 bits per heavy atom. The molecule has 0 atom stereocenters. The lowest BCUT2D eigenvalue weighted by atomic mass is 10.1. The van der Waals surface area contributed by atoms with E-state index in [0.717, 1.165) is 35.9 Å². The number of hydrogen-bond acceptors (Lipinski definition) is 3. The average molecular weight is 372 g/mol. The zero-order valence-electron chi connectivity index (χ0n) is 14.5. The lowest BCUT2D eigenvalue weighted by molar-refractivity contribution is 0.353. The van der Waals surface area contributed by atoms with E-state index in [1.807, 2.05) is 29.2 Å². The third-order valence-corrected chi connectivity index (χ3v) is 7.32. The van der Waals surface area contributed by atoms with E-state index >= 15 is 0 Å².